The van der Waals surface area contributed by atoms with Crippen LogP contribution in [0.3, 0.4) is 0 Å². The van der Waals surface area contributed by atoms with Crippen molar-refractivity contribution in [2.24, 2.45) is 0 Å². The van der Waals surface area contributed by atoms with Crippen LogP contribution in [0.15, 0.2) is 18.2 Å². The Kier molecular flexibility index (Phi) is 3.61. The van der Waals surface area contributed by atoms with Crippen LogP contribution in [-0.2, 0) is 14.3 Å². The summed E-state index contributed by atoms with van der Waals surface area (Å²) in [5.74, 6) is -0.251. The third-order valence-electron chi connectivity index (χ3n) is 2.52. The molecule has 1 aromatic rings. The molecule has 1 saturated heterocycles. The number of carbonyl (C=O) groups is 1. The van der Waals surface area contributed by atoms with Crippen molar-refractivity contribution in [1.82, 2.24) is 0 Å². The topological polar surface area (TPSA) is 67.8 Å². The summed E-state index contributed by atoms with van der Waals surface area (Å²) in [7, 11) is 0. The fourth-order valence-corrected chi connectivity index (χ4v) is 1.60. The molecule has 0 bridgehead atoms. The minimum Gasteiger partial charge on any atom is -0.506 e. The monoisotopic (exact) mass is 237 g/mol. The normalized spacial score (nSPS) is 19.9. The van der Waals surface area contributed by atoms with Gasteiger partial charge in [-0.05, 0) is 24.6 Å². The van der Waals surface area contributed by atoms with E-state index in [2.05, 4.69) is 5.32 Å². The number of ether oxygens (including phenoxy) is 2. The van der Waals surface area contributed by atoms with Gasteiger partial charge >= 0.3 is 0 Å². The van der Waals surface area contributed by atoms with Crippen LogP contribution in [0.25, 0.3) is 0 Å². The van der Waals surface area contributed by atoms with Crippen molar-refractivity contribution in [2.75, 3.05) is 25.1 Å². The molecule has 1 aliphatic heterocycles. The maximum absolute atomic E-state index is 11.8. The highest BCUT2D eigenvalue weighted by Crippen LogP contribution is 2.24. The Morgan fingerprint density at radius 3 is 2.94 bits per heavy atom. The molecular weight excluding hydrogens is 222 g/mol. The van der Waals surface area contributed by atoms with Crippen LogP contribution in [0, 0.1) is 6.92 Å². The number of aromatic hydroxyl groups is 1. The molecule has 5 heteroatoms. The Morgan fingerprint density at radius 1 is 1.47 bits per heavy atom. The van der Waals surface area contributed by atoms with Gasteiger partial charge in [0.05, 0.1) is 25.5 Å². The molecule has 0 saturated carbocycles. The summed E-state index contributed by atoms with van der Waals surface area (Å²) in [6.45, 7) is 3.04. The number of benzene rings is 1. The summed E-state index contributed by atoms with van der Waals surface area (Å²) in [5.41, 5.74) is 1.31. The molecular formula is C12H15NO4. The summed E-state index contributed by atoms with van der Waals surface area (Å²) in [6.07, 6.45) is -0.607. The predicted molar refractivity (Wildman–Crippen MR) is 62.0 cm³/mol. The van der Waals surface area contributed by atoms with Crippen LogP contribution in [-0.4, -0.2) is 36.9 Å². The lowest BCUT2D eigenvalue weighted by atomic mass is 10.2. The summed E-state index contributed by atoms with van der Waals surface area (Å²) in [4.78, 5) is 11.8. The minimum absolute atomic E-state index is 0.0510. The smallest absolute Gasteiger partial charge is 0.256 e. The van der Waals surface area contributed by atoms with Crippen molar-refractivity contribution in [3.05, 3.63) is 23.8 Å². The first kappa shape index (κ1) is 11.9. The second-order valence-corrected chi connectivity index (χ2v) is 3.94. The molecule has 92 valence electrons. The highest BCUT2D eigenvalue weighted by Gasteiger charge is 2.23. The number of amides is 1. The second-order valence-electron chi connectivity index (χ2n) is 3.94. The zero-order chi connectivity index (χ0) is 12.3. The maximum Gasteiger partial charge on any atom is 0.256 e. The first-order valence-electron chi connectivity index (χ1n) is 5.46. The molecule has 0 aliphatic carbocycles. The first-order valence-corrected chi connectivity index (χ1v) is 5.46. The Balaban J connectivity index is 2.02. The van der Waals surface area contributed by atoms with Gasteiger partial charge in [0, 0.05) is 0 Å². The number of anilines is 1. The van der Waals surface area contributed by atoms with Gasteiger partial charge in [-0.3, -0.25) is 4.79 Å². The van der Waals surface area contributed by atoms with Gasteiger partial charge in [0.15, 0.2) is 6.10 Å². The summed E-state index contributed by atoms with van der Waals surface area (Å²) in [5, 5.41) is 12.3. The number of nitrogens with one attached hydrogen (secondary N) is 1. The van der Waals surface area contributed by atoms with Crippen molar-refractivity contribution in [2.45, 2.75) is 13.0 Å². The van der Waals surface area contributed by atoms with E-state index in [0.29, 0.717) is 18.9 Å². The van der Waals surface area contributed by atoms with Crippen LogP contribution >= 0.6 is 0 Å². The summed E-state index contributed by atoms with van der Waals surface area (Å²) < 4.78 is 10.4. The van der Waals surface area contributed by atoms with Gasteiger partial charge in [-0.1, -0.05) is 6.07 Å². The van der Waals surface area contributed by atoms with Crippen LogP contribution in [0.2, 0.25) is 0 Å². The van der Waals surface area contributed by atoms with E-state index in [-0.39, 0.29) is 18.3 Å². The molecule has 1 heterocycles. The van der Waals surface area contributed by atoms with Gasteiger partial charge in [0.25, 0.3) is 5.91 Å². The number of phenolic OH excluding ortho intramolecular Hbond substituents is 1. The third kappa shape index (κ3) is 2.95. The van der Waals surface area contributed by atoms with Gasteiger partial charge < -0.3 is 19.9 Å². The molecule has 1 atom stereocenters. The van der Waals surface area contributed by atoms with E-state index in [0.717, 1.165) is 5.56 Å². The van der Waals surface area contributed by atoms with Gasteiger partial charge in [0.1, 0.15) is 5.75 Å². The fraction of sp³-hybridized carbons (Fsp3) is 0.417. The average molecular weight is 237 g/mol. The highest BCUT2D eigenvalue weighted by atomic mass is 16.6. The van der Waals surface area contributed by atoms with Crippen molar-refractivity contribution in [1.29, 1.82) is 0 Å². The number of phenols is 1. The number of hydrogen-bond acceptors (Lipinski definition) is 4. The van der Waals surface area contributed by atoms with E-state index < -0.39 is 6.10 Å². The van der Waals surface area contributed by atoms with Crippen molar-refractivity contribution in [3.8, 4) is 5.75 Å². The van der Waals surface area contributed by atoms with Crippen molar-refractivity contribution < 1.29 is 19.4 Å². The highest BCUT2D eigenvalue weighted by molar-refractivity contribution is 5.95. The first-order chi connectivity index (χ1) is 8.16. The van der Waals surface area contributed by atoms with E-state index >= 15 is 0 Å². The standard InChI is InChI=1S/C12H15NO4/c1-8-2-3-9(10(14)6-8)13-12(15)11-7-16-4-5-17-11/h2-3,6,11,14H,4-5,7H2,1H3,(H,13,15). The average Bonchev–Trinajstić information content (AvgIpc) is 2.34. The quantitative estimate of drug-likeness (QED) is 0.754. The van der Waals surface area contributed by atoms with Gasteiger partial charge in [-0.15, -0.1) is 0 Å². The van der Waals surface area contributed by atoms with Gasteiger partial charge in [0.2, 0.25) is 0 Å². The number of carbonyl (C=O) groups excluding carboxylic acids is 1. The Morgan fingerprint density at radius 2 is 2.29 bits per heavy atom. The van der Waals surface area contributed by atoms with Gasteiger partial charge in [-0.2, -0.15) is 0 Å². The molecule has 2 rings (SSSR count). The molecule has 2 N–H and O–H groups in total. The molecule has 0 spiro atoms. The van der Waals surface area contributed by atoms with E-state index in [1.54, 1.807) is 12.1 Å². The molecule has 1 unspecified atom stereocenters. The predicted octanol–water partition coefficient (Wildman–Crippen LogP) is 1.05. The van der Waals surface area contributed by atoms with Crippen LogP contribution in [0.4, 0.5) is 5.69 Å². The van der Waals surface area contributed by atoms with E-state index in [9.17, 15) is 9.90 Å². The van der Waals surface area contributed by atoms with E-state index in [1.165, 1.54) is 0 Å². The summed E-state index contributed by atoms with van der Waals surface area (Å²) >= 11 is 0. The lowest BCUT2D eigenvalue weighted by Crippen LogP contribution is -2.39. The van der Waals surface area contributed by atoms with Crippen LogP contribution < -0.4 is 5.32 Å². The Hall–Kier alpha value is -1.59. The SMILES string of the molecule is Cc1ccc(NC(=O)C2COCCO2)c(O)c1. The maximum atomic E-state index is 11.8. The molecule has 17 heavy (non-hydrogen) atoms. The lowest BCUT2D eigenvalue weighted by molar-refractivity contribution is -0.142. The molecule has 1 amide bonds. The van der Waals surface area contributed by atoms with Gasteiger partial charge in [-0.25, -0.2) is 0 Å². The molecule has 1 aliphatic rings. The molecule has 0 aromatic heterocycles. The molecule has 1 aromatic carbocycles. The minimum atomic E-state index is -0.607. The van der Waals surface area contributed by atoms with Crippen molar-refractivity contribution in [3.63, 3.8) is 0 Å². The number of hydrogen-bond donors (Lipinski definition) is 2. The molecule has 1 fully saturated rings. The van der Waals surface area contributed by atoms with E-state index in [1.807, 2.05) is 13.0 Å². The zero-order valence-corrected chi connectivity index (χ0v) is 9.60. The Bertz CT molecular complexity index is 413. The Labute approximate surface area is 99.3 Å². The third-order valence-corrected chi connectivity index (χ3v) is 2.52. The molecule has 5 nitrogen and oxygen atoms in total. The zero-order valence-electron chi connectivity index (χ0n) is 9.60. The summed E-state index contributed by atoms with van der Waals surface area (Å²) in [6, 6.07) is 5.06. The number of aryl methyl sites for hydroxylation is 1. The van der Waals surface area contributed by atoms with Crippen LogP contribution in [0.5, 0.6) is 5.75 Å². The van der Waals surface area contributed by atoms with Crippen molar-refractivity contribution >= 4 is 11.6 Å². The molecule has 0 radical (unpaired) electrons. The fourth-order valence-electron chi connectivity index (χ4n) is 1.60. The second kappa shape index (κ2) is 5.16. The largest absolute Gasteiger partial charge is 0.506 e. The van der Waals surface area contributed by atoms with E-state index in [4.69, 9.17) is 9.47 Å². The number of rotatable bonds is 2. The lowest BCUT2D eigenvalue weighted by Gasteiger charge is -2.22. The van der Waals surface area contributed by atoms with Crippen LogP contribution in [0.1, 0.15) is 5.56 Å².